The molecule has 0 unspecified atom stereocenters. The molecule has 14 heteroatoms. The van der Waals surface area contributed by atoms with Crippen molar-refractivity contribution < 1.29 is 47.7 Å². The minimum atomic E-state index is -0.803. The van der Waals surface area contributed by atoms with Crippen molar-refractivity contribution in [3.8, 4) is 0 Å². The van der Waals surface area contributed by atoms with Crippen LogP contribution in [0.15, 0.2) is 24.3 Å². The number of hydrogen-bond acceptors (Lipinski definition) is 13. The summed E-state index contributed by atoms with van der Waals surface area (Å²) in [6.45, 7) is 24.6. The van der Waals surface area contributed by atoms with Gasteiger partial charge in [-0.05, 0) is 144 Å². The minimum absolute atomic E-state index is 0.161. The summed E-state index contributed by atoms with van der Waals surface area (Å²) in [6, 6.07) is 7.01. The van der Waals surface area contributed by atoms with Crippen LogP contribution in [0.25, 0.3) is 0 Å². The Kier molecular flexibility index (Phi) is 19.6. The lowest BCUT2D eigenvalue weighted by Crippen LogP contribution is -2.52. The summed E-state index contributed by atoms with van der Waals surface area (Å²) in [6.07, 6.45) is -0.108. The molecule has 0 spiro atoms. The molecule has 308 valence electrons. The second-order valence-corrected chi connectivity index (χ2v) is 18.9. The Balaban J connectivity index is 3.62. The summed E-state index contributed by atoms with van der Waals surface area (Å²) in [5.41, 5.74) is -2.08. The van der Waals surface area contributed by atoms with Gasteiger partial charge in [0.05, 0.1) is 32.3 Å². The molecule has 54 heavy (non-hydrogen) atoms. The highest BCUT2D eigenvalue weighted by molar-refractivity contribution is 14.1. The Labute approximate surface area is 337 Å². The van der Waals surface area contributed by atoms with Gasteiger partial charge in [-0.2, -0.15) is 0 Å². The van der Waals surface area contributed by atoms with E-state index in [2.05, 4.69) is 22.6 Å². The molecule has 0 amide bonds. The molecule has 0 bridgehead atoms. The summed E-state index contributed by atoms with van der Waals surface area (Å²) in [7, 11) is 0. The molecular formula is C40H66IN3O10. The van der Waals surface area contributed by atoms with Gasteiger partial charge in [0.25, 0.3) is 0 Å². The molecule has 13 nitrogen and oxygen atoms in total. The molecule has 0 saturated carbocycles. The topological polar surface area (TPSA) is 141 Å². The van der Waals surface area contributed by atoms with Crippen molar-refractivity contribution in [3.63, 3.8) is 0 Å². The van der Waals surface area contributed by atoms with Gasteiger partial charge in [-0.1, -0.05) is 12.1 Å². The second kappa shape index (κ2) is 21.5. The van der Waals surface area contributed by atoms with Crippen LogP contribution in [0.4, 0.5) is 0 Å². The Hall–Kier alpha value is -2.82. The fourth-order valence-corrected chi connectivity index (χ4v) is 5.49. The Morgan fingerprint density at radius 1 is 0.556 bits per heavy atom. The molecule has 1 atom stereocenters. The van der Waals surface area contributed by atoms with Crippen LogP contribution in [0.3, 0.4) is 0 Å². The number of nitrogens with zero attached hydrogens (tertiary/aromatic N) is 3. The first-order valence-electron chi connectivity index (χ1n) is 18.5. The predicted molar refractivity (Wildman–Crippen MR) is 216 cm³/mol. The second-order valence-electron chi connectivity index (χ2n) is 17.6. The molecule has 0 fully saturated rings. The SMILES string of the molecule is CC(C)OC(=O)[C@H](Cc1ccc(I)cc1)N(CCN(CC(=O)OC(C)(C)C)CC(=O)OC(C)(C)C)CCN(CC(=O)OC(C)(C)C)CC(=O)OC(C)(C)C. The molecule has 1 aromatic carbocycles. The molecule has 1 aromatic rings. The molecule has 0 heterocycles. The Morgan fingerprint density at radius 2 is 0.870 bits per heavy atom. The number of carbonyl (C=O) groups is 5. The lowest BCUT2D eigenvalue weighted by Gasteiger charge is -2.35. The van der Waals surface area contributed by atoms with Crippen molar-refractivity contribution >= 4 is 52.4 Å². The van der Waals surface area contributed by atoms with Crippen molar-refractivity contribution in [2.75, 3.05) is 52.4 Å². The van der Waals surface area contributed by atoms with E-state index in [9.17, 15) is 24.0 Å². The van der Waals surface area contributed by atoms with E-state index >= 15 is 0 Å². The fourth-order valence-electron chi connectivity index (χ4n) is 5.13. The number of hydrogen-bond donors (Lipinski definition) is 0. The third-order valence-corrected chi connectivity index (χ3v) is 7.62. The van der Waals surface area contributed by atoms with E-state index in [-0.39, 0.29) is 52.4 Å². The standard InChI is InChI=1S/C40H66IN3O10/c1-28(2)50-36(49)31(23-29-15-17-30(41)18-16-29)44(21-19-42(24-32(45)51-37(3,4)5)25-33(46)52-38(6,7)8)22-20-43(26-34(47)53-39(9,10)11)27-35(48)54-40(12,13)14/h15-18,28,31H,19-27H2,1-14H3/t31-/m0/s1. The number of carbonyl (C=O) groups excluding carboxylic acids is 5. The zero-order valence-corrected chi connectivity index (χ0v) is 37.3. The highest BCUT2D eigenvalue weighted by Crippen LogP contribution is 2.17. The summed E-state index contributed by atoms with van der Waals surface area (Å²) in [4.78, 5) is 71.2. The van der Waals surface area contributed by atoms with E-state index in [1.807, 2.05) is 29.2 Å². The van der Waals surface area contributed by atoms with Gasteiger partial charge >= 0.3 is 29.8 Å². The van der Waals surface area contributed by atoms with Crippen molar-refractivity contribution in [3.05, 3.63) is 33.4 Å². The molecule has 1 rings (SSSR count). The normalized spacial score (nSPS) is 13.2. The molecule has 0 aromatic heterocycles. The highest BCUT2D eigenvalue weighted by atomic mass is 127. The monoisotopic (exact) mass is 875 g/mol. The van der Waals surface area contributed by atoms with Gasteiger partial charge in [0.15, 0.2) is 0 Å². The maximum Gasteiger partial charge on any atom is 0.323 e. The first-order chi connectivity index (χ1) is 24.5. The molecule has 0 N–H and O–H groups in total. The smallest absolute Gasteiger partial charge is 0.323 e. The van der Waals surface area contributed by atoms with Gasteiger partial charge in [0, 0.05) is 29.7 Å². The van der Waals surface area contributed by atoms with E-state index in [0.717, 1.165) is 9.13 Å². The molecule has 0 aliphatic carbocycles. The molecule has 0 radical (unpaired) electrons. The van der Waals surface area contributed by atoms with E-state index in [1.165, 1.54) is 0 Å². The maximum atomic E-state index is 13.9. The quantitative estimate of drug-likeness (QED) is 0.0993. The van der Waals surface area contributed by atoms with E-state index in [4.69, 9.17) is 23.7 Å². The van der Waals surface area contributed by atoms with Crippen LogP contribution in [0.1, 0.15) is 102 Å². The third-order valence-electron chi connectivity index (χ3n) is 6.90. The van der Waals surface area contributed by atoms with Gasteiger partial charge in [-0.3, -0.25) is 38.7 Å². The lowest BCUT2D eigenvalue weighted by atomic mass is 10.0. The molecular weight excluding hydrogens is 809 g/mol. The van der Waals surface area contributed by atoms with E-state index < -0.39 is 64.4 Å². The van der Waals surface area contributed by atoms with Crippen LogP contribution >= 0.6 is 22.6 Å². The average molecular weight is 876 g/mol. The lowest BCUT2D eigenvalue weighted by molar-refractivity contribution is -0.162. The van der Waals surface area contributed by atoms with E-state index in [1.54, 1.807) is 107 Å². The Morgan fingerprint density at radius 3 is 1.15 bits per heavy atom. The zero-order valence-electron chi connectivity index (χ0n) is 35.1. The number of halogens is 1. The average Bonchev–Trinajstić information content (AvgIpc) is 2.92. The molecule has 0 aliphatic heterocycles. The number of benzene rings is 1. The van der Waals surface area contributed by atoms with Gasteiger partial charge in [0.1, 0.15) is 28.4 Å². The van der Waals surface area contributed by atoms with Crippen LogP contribution in [0, 0.1) is 3.57 Å². The summed E-state index contributed by atoms with van der Waals surface area (Å²) in [5, 5.41) is 0. The van der Waals surface area contributed by atoms with Gasteiger partial charge in [-0.15, -0.1) is 0 Å². The molecule has 0 saturated heterocycles. The fraction of sp³-hybridized carbons (Fsp3) is 0.725. The number of ether oxygens (including phenoxy) is 5. The number of esters is 5. The minimum Gasteiger partial charge on any atom is -0.462 e. The zero-order chi connectivity index (χ0) is 41.7. The number of rotatable bonds is 19. The largest absolute Gasteiger partial charge is 0.462 e. The maximum absolute atomic E-state index is 13.9. The summed E-state index contributed by atoms with van der Waals surface area (Å²) >= 11 is 2.22. The molecule has 0 aliphatic rings. The van der Waals surface area contributed by atoms with Gasteiger partial charge in [0.2, 0.25) is 0 Å². The van der Waals surface area contributed by atoms with Gasteiger partial charge in [-0.25, -0.2) is 0 Å². The first kappa shape index (κ1) is 49.2. The third kappa shape index (κ3) is 23.9. The first-order valence-corrected chi connectivity index (χ1v) is 19.6. The van der Waals surface area contributed by atoms with E-state index in [0.29, 0.717) is 6.42 Å². The summed E-state index contributed by atoms with van der Waals surface area (Å²) < 4.78 is 29.1. The predicted octanol–water partition coefficient (Wildman–Crippen LogP) is 5.43. The Bertz CT molecular complexity index is 1240. The van der Waals surface area contributed by atoms with Crippen LogP contribution in [0.5, 0.6) is 0 Å². The van der Waals surface area contributed by atoms with Gasteiger partial charge < -0.3 is 23.7 Å². The van der Waals surface area contributed by atoms with Crippen molar-refractivity contribution in [2.24, 2.45) is 0 Å². The van der Waals surface area contributed by atoms with Crippen molar-refractivity contribution in [2.45, 2.75) is 138 Å². The van der Waals surface area contributed by atoms with Crippen LogP contribution < -0.4 is 0 Å². The van der Waals surface area contributed by atoms with Crippen LogP contribution in [0.2, 0.25) is 0 Å². The highest BCUT2D eigenvalue weighted by Gasteiger charge is 2.32. The van der Waals surface area contributed by atoms with Crippen molar-refractivity contribution in [1.29, 1.82) is 0 Å². The summed E-state index contributed by atoms with van der Waals surface area (Å²) in [5.74, 6) is -2.54. The van der Waals surface area contributed by atoms with Crippen LogP contribution in [-0.4, -0.2) is 131 Å². The van der Waals surface area contributed by atoms with Crippen LogP contribution in [-0.2, 0) is 54.1 Å². The van der Waals surface area contributed by atoms with Crippen molar-refractivity contribution in [1.82, 2.24) is 14.7 Å².